The van der Waals surface area contributed by atoms with Gasteiger partial charge in [0.2, 0.25) is 0 Å². The van der Waals surface area contributed by atoms with E-state index in [1.54, 1.807) is 0 Å². The van der Waals surface area contributed by atoms with Crippen LogP contribution in [0.3, 0.4) is 0 Å². The first-order valence-electron chi connectivity index (χ1n) is 7.98. The standard InChI is InChI=1S/C18H22N2O4/c1-13(16-5-3-4-15(8-16)12-21)6-7-14(2)17-9-18(20(23)24)11-19(22)10-17/h3-5,8-11,13-14,21H,6-7,12H2,1-2H3. The normalized spacial score (nSPS) is 13.5. The molecule has 0 saturated heterocycles. The SMILES string of the molecule is CC(CCC(C)c1cc([N+](=O)[O-])c[n+]([O-])c1)c1cccc(CO)c1. The van der Waals surface area contributed by atoms with Crippen molar-refractivity contribution >= 4 is 5.69 Å². The lowest BCUT2D eigenvalue weighted by atomic mass is 9.89. The average molecular weight is 330 g/mol. The Bertz CT molecular complexity index is 718. The van der Waals surface area contributed by atoms with Crippen LogP contribution in [0.2, 0.25) is 0 Å². The second-order valence-corrected chi connectivity index (χ2v) is 6.23. The van der Waals surface area contributed by atoms with Gasteiger partial charge in [-0.15, -0.1) is 0 Å². The summed E-state index contributed by atoms with van der Waals surface area (Å²) < 4.78 is 0.498. The maximum Gasteiger partial charge on any atom is 0.333 e. The Kier molecular flexibility index (Phi) is 5.87. The first-order chi connectivity index (χ1) is 11.4. The lowest BCUT2D eigenvalue weighted by Gasteiger charge is -2.16. The minimum atomic E-state index is -0.548. The van der Waals surface area contributed by atoms with Crippen molar-refractivity contribution in [2.45, 2.75) is 45.1 Å². The van der Waals surface area contributed by atoms with E-state index in [0.717, 1.165) is 30.2 Å². The second-order valence-electron chi connectivity index (χ2n) is 6.23. The molecule has 24 heavy (non-hydrogen) atoms. The number of hydrogen-bond donors (Lipinski definition) is 1. The van der Waals surface area contributed by atoms with Crippen molar-refractivity contribution in [1.82, 2.24) is 0 Å². The van der Waals surface area contributed by atoms with Gasteiger partial charge in [0.05, 0.1) is 11.5 Å². The smallest absolute Gasteiger partial charge is 0.333 e. The molecule has 1 aromatic heterocycles. The Morgan fingerprint density at radius 3 is 2.42 bits per heavy atom. The molecule has 6 heteroatoms. The molecule has 128 valence electrons. The number of pyridine rings is 1. The summed E-state index contributed by atoms with van der Waals surface area (Å²) in [5, 5.41) is 31.6. The Balaban J connectivity index is 2.04. The van der Waals surface area contributed by atoms with E-state index in [1.165, 1.54) is 12.3 Å². The Labute approximate surface area is 141 Å². The Morgan fingerprint density at radius 1 is 1.12 bits per heavy atom. The fraction of sp³-hybridized carbons (Fsp3) is 0.389. The summed E-state index contributed by atoms with van der Waals surface area (Å²) in [7, 11) is 0. The maximum atomic E-state index is 11.5. The number of rotatable bonds is 7. The highest BCUT2D eigenvalue weighted by Gasteiger charge is 2.18. The van der Waals surface area contributed by atoms with Crippen LogP contribution in [0.25, 0.3) is 0 Å². The van der Waals surface area contributed by atoms with Crippen molar-refractivity contribution in [3.63, 3.8) is 0 Å². The molecule has 6 nitrogen and oxygen atoms in total. The minimum Gasteiger partial charge on any atom is -0.619 e. The number of aromatic nitrogens is 1. The molecule has 0 aliphatic rings. The molecule has 0 radical (unpaired) electrons. The van der Waals surface area contributed by atoms with Gasteiger partial charge in [-0.05, 0) is 35.8 Å². The summed E-state index contributed by atoms with van der Waals surface area (Å²) in [5.74, 6) is 0.352. The molecule has 0 fully saturated rings. The van der Waals surface area contributed by atoms with E-state index in [9.17, 15) is 20.4 Å². The fourth-order valence-electron chi connectivity index (χ4n) is 2.76. The molecule has 0 aliphatic carbocycles. The van der Waals surface area contributed by atoms with Gasteiger partial charge in [-0.25, -0.2) is 0 Å². The summed E-state index contributed by atoms with van der Waals surface area (Å²) >= 11 is 0. The zero-order chi connectivity index (χ0) is 17.7. The van der Waals surface area contributed by atoms with Gasteiger partial charge in [0, 0.05) is 11.6 Å². The highest BCUT2D eigenvalue weighted by molar-refractivity contribution is 5.30. The summed E-state index contributed by atoms with van der Waals surface area (Å²) in [6.07, 6.45) is 4.07. The molecule has 0 saturated carbocycles. The molecule has 2 atom stereocenters. The van der Waals surface area contributed by atoms with E-state index < -0.39 is 4.92 Å². The van der Waals surface area contributed by atoms with Gasteiger partial charge in [-0.3, -0.25) is 10.1 Å². The molecule has 1 N–H and O–H groups in total. The lowest BCUT2D eigenvalue weighted by Crippen LogP contribution is -2.26. The number of nitrogens with zero attached hydrogens (tertiary/aromatic N) is 2. The van der Waals surface area contributed by atoms with Crippen molar-refractivity contribution in [1.29, 1.82) is 0 Å². The van der Waals surface area contributed by atoms with E-state index >= 15 is 0 Å². The van der Waals surface area contributed by atoms with E-state index in [2.05, 4.69) is 6.92 Å². The van der Waals surface area contributed by atoms with Crippen LogP contribution in [0.15, 0.2) is 42.7 Å². The third-order valence-corrected chi connectivity index (χ3v) is 4.37. The lowest BCUT2D eigenvalue weighted by molar-refractivity contribution is -0.610. The molecule has 2 rings (SSSR count). The van der Waals surface area contributed by atoms with Gasteiger partial charge >= 0.3 is 5.69 Å². The van der Waals surface area contributed by atoms with Crippen LogP contribution in [-0.2, 0) is 6.61 Å². The van der Waals surface area contributed by atoms with Crippen molar-refractivity contribution in [2.24, 2.45) is 0 Å². The maximum absolute atomic E-state index is 11.5. The number of hydrogen-bond acceptors (Lipinski definition) is 4. The monoisotopic (exact) mass is 330 g/mol. The molecule has 0 amide bonds. The highest BCUT2D eigenvalue weighted by Crippen LogP contribution is 2.28. The zero-order valence-corrected chi connectivity index (χ0v) is 13.9. The average Bonchev–Trinajstić information content (AvgIpc) is 2.58. The van der Waals surface area contributed by atoms with Crippen molar-refractivity contribution in [2.75, 3.05) is 0 Å². The molecule has 1 aromatic carbocycles. The quantitative estimate of drug-likeness (QED) is 0.364. The summed E-state index contributed by atoms with van der Waals surface area (Å²) in [5.41, 5.74) is 2.54. The minimum absolute atomic E-state index is 0.0220. The van der Waals surface area contributed by atoms with E-state index in [0.29, 0.717) is 16.2 Å². The van der Waals surface area contributed by atoms with Gasteiger partial charge < -0.3 is 10.3 Å². The van der Waals surface area contributed by atoms with Crippen LogP contribution >= 0.6 is 0 Å². The van der Waals surface area contributed by atoms with Crippen LogP contribution in [0.4, 0.5) is 5.69 Å². The molecule has 0 bridgehead atoms. The molecular weight excluding hydrogens is 308 g/mol. The summed E-state index contributed by atoms with van der Waals surface area (Å²) in [6.45, 7) is 4.11. The third kappa shape index (κ3) is 4.52. The van der Waals surface area contributed by atoms with Crippen LogP contribution < -0.4 is 4.73 Å². The molecule has 2 unspecified atom stereocenters. The van der Waals surface area contributed by atoms with Crippen molar-refractivity contribution < 1.29 is 14.8 Å². The van der Waals surface area contributed by atoms with E-state index in [1.807, 2.05) is 31.2 Å². The van der Waals surface area contributed by atoms with Crippen molar-refractivity contribution in [3.8, 4) is 0 Å². The van der Waals surface area contributed by atoms with Gasteiger partial charge in [-0.2, -0.15) is 4.73 Å². The van der Waals surface area contributed by atoms with Gasteiger partial charge in [-0.1, -0.05) is 38.1 Å². The zero-order valence-electron chi connectivity index (χ0n) is 13.9. The summed E-state index contributed by atoms with van der Waals surface area (Å²) in [6, 6.07) is 9.31. The number of nitro groups is 1. The second kappa shape index (κ2) is 7.88. The molecule has 2 aromatic rings. The van der Waals surface area contributed by atoms with Gasteiger partial charge in [0.1, 0.15) is 0 Å². The van der Waals surface area contributed by atoms with E-state index in [4.69, 9.17) is 0 Å². The van der Waals surface area contributed by atoms with Crippen LogP contribution in [0.5, 0.6) is 0 Å². The Hall–Kier alpha value is -2.47. The summed E-state index contributed by atoms with van der Waals surface area (Å²) in [4.78, 5) is 10.3. The predicted molar refractivity (Wildman–Crippen MR) is 90.5 cm³/mol. The number of aliphatic hydroxyl groups is 1. The van der Waals surface area contributed by atoms with Crippen LogP contribution in [0, 0.1) is 15.3 Å². The topological polar surface area (TPSA) is 90.3 Å². The predicted octanol–water partition coefficient (Wildman–Crippen LogP) is 3.41. The fourth-order valence-corrected chi connectivity index (χ4v) is 2.76. The molecule has 0 spiro atoms. The van der Waals surface area contributed by atoms with Crippen molar-refractivity contribution in [3.05, 3.63) is 74.7 Å². The van der Waals surface area contributed by atoms with E-state index in [-0.39, 0.29) is 18.2 Å². The Morgan fingerprint density at radius 2 is 1.79 bits per heavy atom. The molecule has 0 aliphatic heterocycles. The number of benzene rings is 1. The van der Waals surface area contributed by atoms with Gasteiger partial charge in [0.15, 0.2) is 6.20 Å². The number of aliphatic hydroxyl groups excluding tert-OH is 1. The largest absolute Gasteiger partial charge is 0.619 e. The first kappa shape index (κ1) is 17.9. The van der Waals surface area contributed by atoms with Crippen LogP contribution in [0.1, 0.15) is 55.2 Å². The van der Waals surface area contributed by atoms with Crippen LogP contribution in [-0.4, -0.2) is 10.0 Å². The highest BCUT2D eigenvalue weighted by atomic mass is 16.6. The first-order valence-corrected chi connectivity index (χ1v) is 7.98. The molecule has 1 heterocycles. The van der Waals surface area contributed by atoms with Gasteiger partial charge in [0.25, 0.3) is 6.20 Å². The third-order valence-electron chi connectivity index (χ3n) is 4.37. The molecular formula is C18H22N2O4.